The molecule has 1 unspecified atom stereocenters. The van der Waals surface area contributed by atoms with E-state index >= 15 is 0 Å². The van der Waals surface area contributed by atoms with Gasteiger partial charge < -0.3 is 5.11 Å². The zero-order valence-corrected chi connectivity index (χ0v) is 6.11. The molecule has 0 aromatic carbocycles. The van der Waals surface area contributed by atoms with E-state index in [0.717, 1.165) is 0 Å². The fraction of sp³-hybridized carbons (Fsp3) is 1.00. The molecule has 0 saturated heterocycles. The van der Waals surface area contributed by atoms with Gasteiger partial charge in [-0.2, -0.15) is 0 Å². The van der Waals surface area contributed by atoms with Crippen LogP contribution in [-0.4, -0.2) is 21.5 Å². The minimum atomic E-state index is 0.185. The first-order chi connectivity index (χ1) is 2.81. The molecule has 1 nitrogen and oxygen atoms in total. The van der Waals surface area contributed by atoms with Crippen molar-refractivity contribution in [3.05, 3.63) is 0 Å². The Labute approximate surface area is 55.8 Å². The smallest absolute Gasteiger partial charge is 0.0560 e. The minimum absolute atomic E-state index is 0.185. The molecular weight excluding hydrogens is 214 g/mol. The van der Waals surface area contributed by atoms with Crippen molar-refractivity contribution in [2.75, 3.05) is 12.5 Å². The number of hydrogen-bond acceptors (Lipinski definition) is 1. The van der Waals surface area contributed by atoms with Crippen molar-refractivity contribution in [1.29, 1.82) is 0 Å². The lowest BCUT2D eigenvalue weighted by Gasteiger charge is -1.94. The highest BCUT2D eigenvalue weighted by atomic mass is 127. The summed E-state index contributed by atoms with van der Waals surface area (Å²) < 4.78 is 0.226. The van der Waals surface area contributed by atoms with Crippen LogP contribution in [0.5, 0.6) is 0 Å². The van der Waals surface area contributed by atoms with Gasteiger partial charge in [0.1, 0.15) is 0 Å². The number of rotatable bonds is 2. The third-order valence-corrected chi connectivity index (χ3v) is 2.09. The van der Waals surface area contributed by atoms with Crippen LogP contribution >= 0.6 is 34.2 Å². The maximum Gasteiger partial charge on any atom is 0.0560 e. The third kappa shape index (κ3) is 3.18. The first-order valence-corrected chi connectivity index (χ1v) is 3.40. The second-order valence-electron chi connectivity index (χ2n) is 0.934. The van der Waals surface area contributed by atoms with E-state index in [1.807, 2.05) is 0 Å². The van der Waals surface area contributed by atoms with E-state index in [9.17, 15) is 0 Å². The van der Waals surface area contributed by atoms with Gasteiger partial charge in [0, 0.05) is 9.80 Å². The molecule has 0 radical (unpaired) electrons. The summed E-state index contributed by atoms with van der Waals surface area (Å²) in [5.74, 6) is 0.539. The summed E-state index contributed by atoms with van der Waals surface area (Å²) in [6.07, 6.45) is 0. The SMILES string of the molecule is OCC(I)CCl. The fourth-order valence-corrected chi connectivity index (χ4v) is 0.146. The van der Waals surface area contributed by atoms with Gasteiger partial charge in [-0.15, -0.1) is 11.6 Å². The van der Waals surface area contributed by atoms with Crippen molar-refractivity contribution >= 4 is 34.2 Å². The van der Waals surface area contributed by atoms with E-state index in [0.29, 0.717) is 5.88 Å². The van der Waals surface area contributed by atoms with E-state index in [-0.39, 0.29) is 10.5 Å². The van der Waals surface area contributed by atoms with Crippen LogP contribution in [0, 0.1) is 0 Å². The molecule has 0 aliphatic carbocycles. The van der Waals surface area contributed by atoms with E-state index in [1.54, 1.807) is 0 Å². The van der Waals surface area contributed by atoms with Crippen LogP contribution in [0.3, 0.4) is 0 Å². The van der Waals surface area contributed by atoms with Crippen molar-refractivity contribution in [3.63, 3.8) is 0 Å². The maximum absolute atomic E-state index is 8.24. The molecule has 38 valence electrons. The summed E-state index contributed by atoms with van der Waals surface area (Å²) in [5, 5.41) is 8.24. The van der Waals surface area contributed by atoms with Gasteiger partial charge in [0.05, 0.1) is 6.61 Å². The molecule has 0 saturated carbocycles. The molecule has 0 aromatic rings. The third-order valence-electron chi connectivity index (χ3n) is 0.366. The van der Waals surface area contributed by atoms with Gasteiger partial charge in [-0.1, -0.05) is 22.6 Å². The van der Waals surface area contributed by atoms with Crippen LogP contribution in [-0.2, 0) is 0 Å². The predicted molar refractivity (Wildman–Crippen MR) is 35.6 cm³/mol. The summed E-state index contributed by atoms with van der Waals surface area (Å²) in [6.45, 7) is 0.185. The number of halogens is 2. The molecule has 0 fully saturated rings. The molecule has 0 bridgehead atoms. The van der Waals surface area contributed by atoms with Crippen LogP contribution in [0.1, 0.15) is 0 Å². The standard InChI is InChI=1S/C3H6ClIO/c4-1-3(5)2-6/h3,6H,1-2H2. The van der Waals surface area contributed by atoms with Crippen LogP contribution in [0.25, 0.3) is 0 Å². The Hall–Kier alpha value is 0.980. The number of hydrogen-bond donors (Lipinski definition) is 1. The lowest BCUT2D eigenvalue weighted by molar-refractivity contribution is 0.305. The van der Waals surface area contributed by atoms with Gasteiger partial charge in [0.2, 0.25) is 0 Å². The zero-order chi connectivity index (χ0) is 4.99. The average Bonchev–Trinajstić information content (AvgIpc) is 1.65. The van der Waals surface area contributed by atoms with Crippen LogP contribution in [0.4, 0.5) is 0 Å². The molecular formula is C3H6ClIO. The van der Waals surface area contributed by atoms with Crippen LogP contribution in [0.15, 0.2) is 0 Å². The normalized spacial score (nSPS) is 14.5. The fourth-order valence-electron chi connectivity index (χ4n) is 0.0488. The molecule has 0 heterocycles. The summed E-state index contributed by atoms with van der Waals surface area (Å²) in [4.78, 5) is 0. The van der Waals surface area contributed by atoms with Gasteiger partial charge in [-0.25, -0.2) is 0 Å². The highest BCUT2D eigenvalue weighted by Gasteiger charge is 1.94. The summed E-state index contributed by atoms with van der Waals surface area (Å²) in [5.41, 5.74) is 0. The van der Waals surface area contributed by atoms with Gasteiger partial charge in [-0.05, 0) is 0 Å². The largest absolute Gasteiger partial charge is 0.395 e. The van der Waals surface area contributed by atoms with E-state index < -0.39 is 0 Å². The molecule has 1 N–H and O–H groups in total. The number of aliphatic hydroxyl groups excluding tert-OH is 1. The molecule has 0 aliphatic rings. The average molecular weight is 220 g/mol. The summed E-state index contributed by atoms with van der Waals surface area (Å²) in [6, 6.07) is 0. The van der Waals surface area contributed by atoms with Crippen molar-refractivity contribution in [1.82, 2.24) is 0 Å². The predicted octanol–water partition coefficient (Wildman–Crippen LogP) is 1.02. The maximum atomic E-state index is 8.24. The topological polar surface area (TPSA) is 20.2 Å². The second-order valence-corrected chi connectivity index (χ2v) is 3.00. The van der Waals surface area contributed by atoms with Crippen molar-refractivity contribution in [2.45, 2.75) is 3.92 Å². The van der Waals surface area contributed by atoms with Gasteiger partial charge in [0.25, 0.3) is 0 Å². The molecule has 0 amide bonds. The van der Waals surface area contributed by atoms with Gasteiger partial charge in [-0.3, -0.25) is 0 Å². The molecule has 3 heteroatoms. The lowest BCUT2D eigenvalue weighted by atomic mass is 10.5. The van der Waals surface area contributed by atoms with Crippen LogP contribution in [0.2, 0.25) is 0 Å². The molecule has 0 spiro atoms. The number of aliphatic hydroxyl groups is 1. The second kappa shape index (κ2) is 4.15. The van der Waals surface area contributed by atoms with Crippen molar-refractivity contribution < 1.29 is 5.11 Å². The Morgan fingerprint density at radius 3 is 2.33 bits per heavy atom. The zero-order valence-electron chi connectivity index (χ0n) is 3.19. The lowest BCUT2D eigenvalue weighted by Crippen LogP contribution is -2.03. The van der Waals surface area contributed by atoms with Gasteiger partial charge >= 0.3 is 0 Å². The number of alkyl halides is 2. The Morgan fingerprint density at radius 2 is 2.33 bits per heavy atom. The summed E-state index contributed by atoms with van der Waals surface area (Å²) in [7, 11) is 0. The van der Waals surface area contributed by atoms with Crippen molar-refractivity contribution in [2.24, 2.45) is 0 Å². The molecule has 0 aromatic heterocycles. The first-order valence-electron chi connectivity index (χ1n) is 1.62. The minimum Gasteiger partial charge on any atom is -0.395 e. The highest BCUT2D eigenvalue weighted by molar-refractivity contribution is 14.1. The van der Waals surface area contributed by atoms with E-state index in [2.05, 4.69) is 22.6 Å². The Balaban J connectivity index is 2.75. The van der Waals surface area contributed by atoms with E-state index in [1.165, 1.54) is 0 Å². The molecule has 0 aliphatic heterocycles. The van der Waals surface area contributed by atoms with Gasteiger partial charge in [0.15, 0.2) is 0 Å². The molecule has 0 rings (SSSR count). The molecule has 1 atom stereocenters. The first kappa shape index (κ1) is 6.98. The Morgan fingerprint density at radius 1 is 1.83 bits per heavy atom. The summed E-state index contributed by atoms with van der Waals surface area (Å²) >= 11 is 7.37. The Kier molecular flexibility index (Phi) is 4.82. The van der Waals surface area contributed by atoms with E-state index in [4.69, 9.17) is 16.7 Å². The quantitative estimate of drug-likeness (QED) is 0.544. The van der Waals surface area contributed by atoms with Crippen molar-refractivity contribution in [3.8, 4) is 0 Å². The molecule has 6 heavy (non-hydrogen) atoms. The Bertz CT molecular complexity index is 30.0. The monoisotopic (exact) mass is 220 g/mol. The highest BCUT2D eigenvalue weighted by Crippen LogP contribution is 1.99. The van der Waals surface area contributed by atoms with Crippen LogP contribution < -0.4 is 0 Å².